The van der Waals surface area contributed by atoms with E-state index in [1.165, 1.54) is 48.5 Å². The van der Waals surface area contributed by atoms with Gasteiger partial charge in [0.25, 0.3) is 15.8 Å². The van der Waals surface area contributed by atoms with E-state index in [4.69, 9.17) is 11.6 Å². The van der Waals surface area contributed by atoms with Gasteiger partial charge in [0.15, 0.2) is 0 Å². The minimum absolute atomic E-state index is 0. The minimum atomic E-state index is -4.85. The van der Waals surface area contributed by atoms with Gasteiger partial charge in [-0.05, 0) is 64.5 Å². The predicted octanol–water partition coefficient (Wildman–Crippen LogP) is 7.45. The van der Waals surface area contributed by atoms with Gasteiger partial charge in [0.1, 0.15) is 27.8 Å². The summed E-state index contributed by atoms with van der Waals surface area (Å²) in [5.74, 6) is -2.51. The number of hydrogen-bond donors (Lipinski definition) is 3. The van der Waals surface area contributed by atoms with Crippen LogP contribution in [-0.2, 0) is 27.5 Å². The zero-order valence-corrected chi connectivity index (χ0v) is 29.9. The number of rotatable bonds is 8. The van der Waals surface area contributed by atoms with E-state index in [1.807, 2.05) is 18.2 Å². The molecule has 6 aromatic rings. The minimum Gasteiger partial charge on any atom is -0.871 e. The van der Waals surface area contributed by atoms with Crippen molar-refractivity contribution in [1.82, 2.24) is 0 Å². The van der Waals surface area contributed by atoms with Crippen molar-refractivity contribution in [2.75, 3.05) is 0 Å². The summed E-state index contributed by atoms with van der Waals surface area (Å²) >= 11 is 5.80. The fourth-order valence-corrected chi connectivity index (χ4v) is 5.50. The third kappa shape index (κ3) is 9.32. The molecule has 0 heterocycles. The number of aliphatic imine (C=N–C) groups is 1. The molecule has 0 aliphatic rings. The number of hydrogen-bond acceptors (Lipinski definition) is 14. The molecule has 0 saturated heterocycles. The molecule has 6 rings (SSSR count). The number of azo groups is 2. The molecular weight excluding hydrogens is 784 g/mol. The zero-order valence-electron chi connectivity index (χ0n) is 27.1. The van der Waals surface area contributed by atoms with Crippen LogP contribution >= 0.6 is 11.6 Å². The summed E-state index contributed by atoms with van der Waals surface area (Å²) in [5, 5.41) is 83.5. The van der Waals surface area contributed by atoms with Gasteiger partial charge in [-0.2, -0.15) is 13.5 Å². The Kier molecular flexibility index (Phi) is 12.7. The van der Waals surface area contributed by atoms with Crippen molar-refractivity contribution in [3.8, 4) is 23.0 Å². The maximum atomic E-state index is 12.9. The number of nitrogens with zero attached hydrogens (tertiary/aromatic N) is 6. The number of phenols is 2. The van der Waals surface area contributed by atoms with Crippen LogP contribution in [0.25, 0.3) is 21.5 Å². The van der Waals surface area contributed by atoms with Crippen molar-refractivity contribution < 1.29 is 60.8 Å². The third-order valence-corrected chi connectivity index (χ3v) is 8.30. The first-order chi connectivity index (χ1) is 25.2. The van der Waals surface area contributed by atoms with Crippen LogP contribution in [0.5, 0.6) is 23.0 Å². The Morgan fingerprint density at radius 2 is 1.46 bits per heavy atom. The molecule has 0 aliphatic heterocycles. The zero-order chi connectivity index (χ0) is 38.4. The number of phenolic OH excluding ortho intramolecular Hbond substituents is 2. The third-order valence-electron chi connectivity index (χ3n) is 7.19. The molecular formula is C35H22ClCrN6O10S. The summed E-state index contributed by atoms with van der Waals surface area (Å²) in [6.07, 6.45) is 0.981. The second kappa shape index (κ2) is 16.9. The molecule has 6 aromatic carbocycles. The SMILES string of the molecule is C=CC([O-])=Nc1ccc2cc(S(=O)(=O)O)c(N=Nc3cc(Cl)ccc3[O-])c([O-])c2c1.O=[N+]([O-])c1ccc(N=Nc2c(O)ccc3ccccc23)c(O)c1.[Cr+3]. The largest absolute Gasteiger partial charge is 3.00 e. The van der Waals surface area contributed by atoms with Crippen molar-refractivity contribution >= 4 is 83.3 Å². The number of non-ortho nitro benzene ring substituents is 1. The van der Waals surface area contributed by atoms with E-state index in [-0.39, 0.29) is 73.1 Å². The van der Waals surface area contributed by atoms with E-state index < -0.39 is 43.0 Å². The summed E-state index contributed by atoms with van der Waals surface area (Å²) in [6.45, 7) is 3.29. The number of benzene rings is 6. The summed E-state index contributed by atoms with van der Waals surface area (Å²) in [6, 6.07) is 22.8. The fraction of sp³-hybridized carbons (Fsp3) is 0. The maximum Gasteiger partial charge on any atom is 3.00 e. The van der Waals surface area contributed by atoms with Gasteiger partial charge in [-0.3, -0.25) is 19.7 Å². The summed E-state index contributed by atoms with van der Waals surface area (Å²) in [4.78, 5) is 13.0. The topological polar surface area (TPSA) is 269 Å². The summed E-state index contributed by atoms with van der Waals surface area (Å²) in [5.41, 5.74) is -0.720. The molecule has 0 aromatic heterocycles. The average Bonchev–Trinajstić information content (AvgIpc) is 3.12. The number of halogens is 1. The predicted molar refractivity (Wildman–Crippen MR) is 190 cm³/mol. The Bertz CT molecular complexity index is 2640. The van der Waals surface area contributed by atoms with Gasteiger partial charge in [0.2, 0.25) is 0 Å². The van der Waals surface area contributed by atoms with Gasteiger partial charge in [0, 0.05) is 16.5 Å². The van der Waals surface area contributed by atoms with Crippen LogP contribution in [0.1, 0.15) is 0 Å². The Hall–Kier alpha value is -6.42. The first kappa shape index (κ1) is 40.4. The van der Waals surface area contributed by atoms with Crippen LogP contribution < -0.4 is 15.3 Å². The summed E-state index contributed by atoms with van der Waals surface area (Å²) in [7, 11) is -4.85. The van der Waals surface area contributed by atoms with E-state index in [9.17, 15) is 48.6 Å². The number of fused-ring (bicyclic) bond motifs is 2. The van der Waals surface area contributed by atoms with E-state index in [1.54, 1.807) is 12.1 Å². The standard InChI is InChI=1S/C19H14ClN3O6S.C16H11N3O4.Cr/c1-2-17(25)21-12-5-3-10-7-16(30(27,28)29)18(19(26)13(10)9-12)23-22-14-8-11(20)4-6-15(14)24;20-14-8-5-10-3-1-2-4-12(10)16(14)18-17-13-7-6-11(19(22)23)9-15(13)21;/h2-9,24,26H,1H2,(H,21,25)(H,27,28,29);1-9,20-21H;/q;;+3/p-3. The Morgan fingerprint density at radius 1 is 0.778 bits per heavy atom. The van der Waals surface area contributed by atoms with Gasteiger partial charge in [-0.1, -0.05) is 78.2 Å². The molecule has 1 radical (unpaired) electrons. The Morgan fingerprint density at radius 3 is 2.15 bits per heavy atom. The fourth-order valence-electron chi connectivity index (χ4n) is 4.68. The van der Waals surface area contributed by atoms with Crippen LogP contribution in [0.2, 0.25) is 5.02 Å². The molecule has 0 fully saturated rings. The molecule has 0 unspecified atom stereocenters. The van der Waals surface area contributed by atoms with Crippen LogP contribution in [0, 0.1) is 10.1 Å². The second-order valence-electron chi connectivity index (χ2n) is 10.7. The molecule has 19 heteroatoms. The Labute approximate surface area is 321 Å². The van der Waals surface area contributed by atoms with Crippen molar-refractivity contribution in [1.29, 1.82) is 0 Å². The Balaban J connectivity index is 0.000000244. The van der Waals surface area contributed by atoms with Gasteiger partial charge in [-0.15, -0.1) is 15.3 Å². The van der Waals surface area contributed by atoms with E-state index in [2.05, 4.69) is 32.0 Å². The molecule has 54 heavy (non-hydrogen) atoms. The van der Waals surface area contributed by atoms with Gasteiger partial charge >= 0.3 is 17.4 Å². The molecule has 0 atom stereocenters. The van der Waals surface area contributed by atoms with Crippen molar-refractivity contribution in [2.24, 2.45) is 25.4 Å². The molecule has 0 saturated carbocycles. The number of nitro groups is 1. The van der Waals surface area contributed by atoms with E-state index in [0.29, 0.717) is 5.39 Å². The first-order valence-electron chi connectivity index (χ1n) is 14.8. The molecule has 0 amide bonds. The van der Waals surface area contributed by atoms with E-state index in [0.717, 1.165) is 29.7 Å². The molecule has 0 aliphatic carbocycles. The molecule has 271 valence electrons. The normalized spacial score (nSPS) is 11.7. The molecule has 3 N–H and O–H groups in total. The number of aromatic hydroxyl groups is 2. The molecule has 0 spiro atoms. The smallest absolute Gasteiger partial charge is 0.871 e. The average molecular weight is 806 g/mol. The summed E-state index contributed by atoms with van der Waals surface area (Å²) < 4.78 is 33.1. The van der Waals surface area contributed by atoms with Gasteiger partial charge in [-0.25, -0.2) is 0 Å². The first-order valence-corrected chi connectivity index (χ1v) is 16.6. The van der Waals surface area contributed by atoms with Crippen molar-refractivity contribution in [2.45, 2.75) is 4.90 Å². The van der Waals surface area contributed by atoms with E-state index >= 15 is 0 Å². The second-order valence-corrected chi connectivity index (χ2v) is 12.5. The van der Waals surface area contributed by atoms with Crippen molar-refractivity contribution in [3.05, 3.63) is 125 Å². The quantitative estimate of drug-likeness (QED) is 0.0341. The monoisotopic (exact) mass is 805 g/mol. The van der Waals surface area contributed by atoms with Crippen molar-refractivity contribution in [3.63, 3.8) is 0 Å². The maximum absolute atomic E-state index is 12.9. The van der Waals surface area contributed by atoms with Gasteiger partial charge in [0.05, 0.1) is 28.1 Å². The van der Waals surface area contributed by atoms with Crippen LogP contribution in [-0.4, -0.2) is 34.0 Å². The molecule has 16 nitrogen and oxygen atoms in total. The number of nitro benzene ring substituents is 1. The van der Waals surface area contributed by atoms with Crippen LogP contribution in [0.15, 0.2) is 140 Å². The van der Waals surface area contributed by atoms with Crippen LogP contribution in [0.3, 0.4) is 0 Å². The molecule has 0 bridgehead atoms. The van der Waals surface area contributed by atoms with Crippen LogP contribution in [0.4, 0.5) is 34.1 Å². The van der Waals surface area contributed by atoms with Gasteiger partial charge < -0.3 is 25.5 Å².